The van der Waals surface area contributed by atoms with Crippen LogP contribution in [0.3, 0.4) is 0 Å². The third-order valence-corrected chi connectivity index (χ3v) is 5.72. The summed E-state index contributed by atoms with van der Waals surface area (Å²) >= 11 is 0. The van der Waals surface area contributed by atoms with E-state index in [1.165, 1.54) is 0 Å². The number of hydrogen-bond donors (Lipinski definition) is 1. The molecule has 0 atom stereocenters. The normalized spacial score (nSPS) is 20.0. The van der Waals surface area contributed by atoms with Gasteiger partial charge in [-0.25, -0.2) is 18.7 Å². The van der Waals surface area contributed by atoms with Gasteiger partial charge in [-0.2, -0.15) is 0 Å². The third kappa shape index (κ3) is 4.11. The van der Waals surface area contributed by atoms with Crippen molar-refractivity contribution in [3.05, 3.63) is 35.5 Å². The Hall–Kier alpha value is -2.71. The number of halogens is 2. The van der Waals surface area contributed by atoms with E-state index in [2.05, 4.69) is 15.0 Å². The molecular formula is C21H25F2N5O2. The van der Waals surface area contributed by atoms with Crippen LogP contribution in [0.25, 0.3) is 0 Å². The van der Waals surface area contributed by atoms with Crippen molar-refractivity contribution in [1.82, 2.24) is 19.9 Å². The number of imidazole rings is 1. The van der Waals surface area contributed by atoms with Crippen LogP contribution in [-0.4, -0.2) is 57.4 Å². The van der Waals surface area contributed by atoms with Crippen LogP contribution < -0.4 is 9.64 Å². The van der Waals surface area contributed by atoms with Crippen LogP contribution in [0.5, 0.6) is 5.88 Å². The number of H-pyrrole nitrogens is 1. The molecule has 1 amide bonds. The second kappa shape index (κ2) is 7.21. The lowest BCUT2D eigenvalue weighted by atomic mass is 10.1. The highest BCUT2D eigenvalue weighted by Crippen LogP contribution is 2.38. The Morgan fingerprint density at radius 3 is 2.67 bits per heavy atom. The molecule has 7 nitrogen and oxygen atoms in total. The first-order valence-corrected chi connectivity index (χ1v) is 10.5. The van der Waals surface area contributed by atoms with Gasteiger partial charge in [0.25, 0.3) is 11.8 Å². The fourth-order valence-electron chi connectivity index (χ4n) is 3.67. The number of anilines is 1. The maximum Gasteiger partial charge on any atom is 0.282 e. The van der Waals surface area contributed by atoms with Crippen molar-refractivity contribution in [2.75, 3.05) is 24.6 Å². The number of ether oxygens (including phenoxy) is 1. The Bertz CT molecular complexity index is 947. The average molecular weight is 417 g/mol. The number of rotatable bonds is 8. The lowest BCUT2D eigenvalue weighted by Gasteiger charge is -2.40. The molecule has 3 aliphatic rings. The topological polar surface area (TPSA) is 74.3 Å². The van der Waals surface area contributed by atoms with Crippen molar-refractivity contribution < 1.29 is 18.3 Å². The largest absolute Gasteiger partial charge is 0.476 e. The molecule has 5 rings (SSSR count). The molecule has 1 saturated heterocycles. The third-order valence-electron chi connectivity index (χ3n) is 5.72. The van der Waals surface area contributed by atoms with E-state index in [0.717, 1.165) is 37.2 Å². The van der Waals surface area contributed by atoms with Crippen LogP contribution in [-0.2, 0) is 6.54 Å². The smallest absolute Gasteiger partial charge is 0.282 e. The number of hydrogen-bond acceptors (Lipinski definition) is 5. The number of amides is 1. The Labute approximate surface area is 173 Å². The number of nitrogens with one attached hydrogen (secondary N) is 1. The average Bonchev–Trinajstić information content (AvgIpc) is 3.61. The van der Waals surface area contributed by atoms with Gasteiger partial charge in [0, 0.05) is 17.9 Å². The first-order chi connectivity index (χ1) is 14.4. The first-order valence-electron chi connectivity index (χ1n) is 10.5. The Morgan fingerprint density at radius 2 is 2.07 bits per heavy atom. The van der Waals surface area contributed by atoms with E-state index < -0.39 is 5.92 Å². The minimum atomic E-state index is -2.69. The molecule has 0 unspecified atom stereocenters. The zero-order valence-electron chi connectivity index (χ0n) is 16.9. The van der Waals surface area contributed by atoms with Crippen LogP contribution in [0.1, 0.15) is 47.7 Å². The van der Waals surface area contributed by atoms with Gasteiger partial charge in [-0.1, -0.05) is 0 Å². The highest BCUT2D eigenvalue weighted by Gasteiger charge is 2.45. The predicted octanol–water partition coefficient (Wildman–Crippen LogP) is 3.16. The molecule has 0 radical (unpaired) electrons. The van der Waals surface area contributed by atoms with Crippen LogP contribution in [0.2, 0.25) is 0 Å². The lowest BCUT2D eigenvalue weighted by Crippen LogP contribution is -2.56. The van der Waals surface area contributed by atoms with E-state index in [4.69, 9.17) is 4.74 Å². The molecule has 3 fully saturated rings. The van der Waals surface area contributed by atoms with Crippen molar-refractivity contribution in [3.8, 4) is 5.88 Å². The Kier molecular flexibility index (Phi) is 4.63. The number of alkyl halides is 2. The minimum absolute atomic E-state index is 0.175. The molecule has 2 aliphatic carbocycles. The fourth-order valence-corrected chi connectivity index (χ4v) is 3.67. The van der Waals surface area contributed by atoms with Gasteiger partial charge in [0.05, 0.1) is 26.2 Å². The van der Waals surface area contributed by atoms with Gasteiger partial charge in [0.1, 0.15) is 17.2 Å². The van der Waals surface area contributed by atoms with Gasteiger partial charge < -0.3 is 19.5 Å². The number of carbonyl (C=O) groups is 1. The quantitative estimate of drug-likeness (QED) is 0.714. The molecule has 3 heterocycles. The van der Waals surface area contributed by atoms with Crippen LogP contribution in [0.15, 0.2) is 18.3 Å². The standard InChI is InChI=1S/C21H25F2N5O2/c1-13-8-24-18(25-13)9-28(15-4-5-15)20(29)16-6-7-17(27-11-21(22,23)12-27)19(26-16)30-10-14-2-3-14/h6-8,14-15H,2-5,9-12H2,1H3,(H,24,25). The molecule has 9 heteroatoms. The molecule has 1 N–H and O–H groups in total. The Morgan fingerprint density at radius 1 is 1.30 bits per heavy atom. The van der Waals surface area contributed by atoms with E-state index in [1.54, 1.807) is 28.1 Å². The molecule has 2 aromatic heterocycles. The molecule has 160 valence electrons. The summed E-state index contributed by atoms with van der Waals surface area (Å²) in [5.41, 5.74) is 1.74. The van der Waals surface area contributed by atoms with Crippen LogP contribution in [0.4, 0.5) is 14.5 Å². The number of nitrogens with zero attached hydrogens (tertiary/aromatic N) is 4. The maximum atomic E-state index is 13.4. The summed E-state index contributed by atoms with van der Waals surface area (Å²) in [6.45, 7) is 2.10. The van der Waals surface area contributed by atoms with Gasteiger partial charge in [-0.05, 0) is 50.7 Å². The fraction of sp³-hybridized carbons (Fsp3) is 0.571. The Balaban J connectivity index is 1.37. The number of aromatic amines is 1. The van der Waals surface area contributed by atoms with Crippen molar-refractivity contribution in [2.24, 2.45) is 5.92 Å². The monoisotopic (exact) mass is 417 g/mol. The second-order valence-electron chi connectivity index (χ2n) is 8.66. The van der Waals surface area contributed by atoms with Gasteiger partial charge in [0.2, 0.25) is 5.88 Å². The van der Waals surface area contributed by atoms with E-state index >= 15 is 0 Å². The van der Waals surface area contributed by atoms with Crippen LogP contribution in [0, 0.1) is 12.8 Å². The van der Waals surface area contributed by atoms with E-state index in [-0.39, 0.29) is 36.6 Å². The van der Waals surface area contributed by atoms with E-state index in [0.29, 0.717) is 24.8 Å². The summed E-state index contributed by atoms with van der Waals surface area (Å²) in [5.74, 6) is -1.39. The molecule has 0 spiro atoms. The SMILES string of the molecule is Cc1cnc(CN(C(=O)c2ccc(N3CC(F)(F)C3)c(OCC3CC3)n2)C2CC2)[nH]1. The predicted molar refractivity (Wildman–Crippen MR) is 106 cm³/mol. The summed E-state index contributed by atoms with van der Waals surface area (Å²) in [6.07, 6.45) is 5.86. The number of pyridine rings is 1. The highest BCUT2D eigenvalue weighted by atomic mass is 19.3. The van der Waals surface area contributed by atoms with E-state index in [1.807, 2.05) is 6.92 Å². The summed E-state index contributed by atoms with van der Waals surface area (Å²) in [5, 5.41) is 0. The first kappa shape index (κ1) is 19.3. The maximum absolute atomic E-state index is 13.4. The van der Waals surface area contributed by atoms with Crippen LogP contribution >= 0.6 is 0 Å². The van der Waals surface area contributed by atoms with Gasteiger partial charge in [0.15, 0.2) is 0 Å². The molecule has 1 aliphatic heterocycles. The number of aromatic nitrogens is 3. The molecule has 30 heavy (non-hydrogen) atoms. The zero-order valence-corrected chi connectivity index (χ0v) is 16.9. The highest BCUT2D eigenvalue weighted by molar-refractivity contribution is 5.93. The molecular weight excluding hydrogens is 392 g/mol. The summed E-state index contributed by atoms with van der Waals surface area (Å²) in [6, 6.07) is 3.47. The van der Waals surface area contributed by atoms with Crippen molar-refractivity contribution in [3.63, 3.8) is 0 Å². The van der Waals surface area contributed by atoms with Crippen molar-refractivity contribution in [2.45, 2.75) is 51.1 Å². The zero-order chi connectivity index (χ0) is 20.9. The lowest BCUT2D eigenvalue weighted by molar-refractivity contribution is -0.0265. The van der Waals surface area contributed by atoms with Gasteiger partial charge >= 0.3 is 0 Å². The molecule has 0 bridgehead atoms. The van der Waals surface area contributed by atoms with E-state index in [9.17, 15) is 13.6 Å². The molecule has 2 aromatic rings. The number of carbonyl (C=O) groups excluding carboxylic acids is 1. The van der Waals surface area contributed by atoms with Crippen molar-refractivity contribution in [1.29, 1.82) is 0 Å². The van der Waals surface area contributed by atoms with Crippen molar-refractivity contribution >= 4 is 11.6 Å². The van der Waals surface area contributed by atoms with Gasteiger partial charge in [-0.15, -0.1) is 0 Å². The minimum Gasteiger partial charge on any atom is -0.476 e. The van der Waals surface area contributed by atoms with Gasteiger partial charge in [-0.3, -0.25) is 4.79 Å². The second-order valence-corrected chi connectivity index (χ2v) is 8.66. The summed E-state index contributed by atoms with van der Waals surface area (Å²) < 4.78 is 32.6. The molecule has 2 saturated carbocycles. The summed E-state index contributed by atoms with van der Waals surface area (Å²) in [4.78, 5) is 28.5. The number of aryl methyl sites for hydroxylation is 1. The molecule has 0 aromatic carbocycles. The summed E-state index contributed by atoms with van der Waals surface area (Å²) in [7, 11) is 0.